The summed E-state index contributed by atoms with van der Waals surface area (Å²) in [7, 11) is 0. The molecule has 1 aromatic rings. The molecule has 0 radical (unpaired) electrons. The van der Waals surface area contributed by atoms with E-state index < -0.39 is 0 Å². The number of likely N-dealkylation sites (tertiary alicyclic amines) is 2. The summed E-state index contributed by atoms with van der Waals surface area (Å²) >= 11 is 6.15. The Morgan fingerprint density at radius 1 is 1.18 bits per heavy atom. The molecular formula is C21H28ClFN2O3. The zero-order chi connectivity index (χ0) is 20.1. The molecule has 3 rings (SSSR count). The van der Waals surface area contributed by atoms with Crippen molar-refractivity contribution >= 4 is 23.5 Å². The van der Waals surface area contributed by atoms with Gasteiger partial charge in [0, 0.05) is 36.8 Å². The molecule has 1 unspecified atom stereocenters. The highest BCUT2D eigenvalue weighted by atomic mass is 35.5. The first-order valence-corrected chi connectivity index (χ1v) is 10.5. The van der Waals surface area contributed by atoms with Gasteiger partial charge in [-0.2, -0.15) is 0 Å². The van der Waals surface area contributed by atoms with Crippen molar-refractivity contribution in [1.82, 2.24) is 9.80 Å². The number of halogens is 2. The normalized spacial score (nSPS) is 21.5. The number of nitrogens with zero attached hydrogens (tertiary/aromatic N) is 2. The fourth-order valence-electron chi connectivity index (χ4n) is 4.16. The van der Waals surface area contributed by atoms with Crippen LogP contribution in [-0.4, -0.2) is 54.5 Å². The summed E-state index contributed by atoms with van der Waals surface area (Å²) in [5, 5.41) is 0.425. The Balaban J connectivity index is 1.54. The third-order valence-electron chi connectivity index (χ3n) is 5.72. The number of carbonyl (C=O) groups is 2. The highest BCUT2D eigenvalue weighted by Gasteiger charge is 2.33. The molecule has 1 atom stereocenters. The molecule has 1 amide bonds. The molecule has 0 spiro atoms. The number of hydrogen-bond acceptors (Lipinski definition) is 4. The maximum atomic E-state index is 14.1. The third kappa shape index (κ3) is 5.03. The Hall–Kier alpha value is -1.66. The van der Waals surface area contributed by atoms with E-state index in [1.807, 2.05) is 4.90 Å². The van der Waals surface area contributed by atoms with E-state index >= 15 is 0 Å². The topological polar surface area (TPSA) is 49.9 Å². The Labute approximate surface area is 170 Å². The molecule has 5 nitrogen and oxygen atoms in total. The lowest BCUT2D eigenvalue weighted by Gasteiger charge is -2.37. The molecule has 2 heterocycles. The minimum atomic E-state index is -0.304. The summed E-state index contributed by atoms with van der Waals surface area (Å²) < 4.78 is 19.2. The summed E-state index contributed by atoms with van der Waals surface area (Å²) in [5.74, 6) is -0.498. The van der Waals surface area contributed by atoms with E-state index in [4.69, 9.17) is 16.3 Å². The Morgan fingerprint density at radius 3 is 2.61 bits per heavy atom. The molecule has 0 aliphatic carbocycles. The van der Waals surface area contributed by atoms with Gasteiger partial charge >= 0.3 is 5.97 Å². The molecule has 2 fully saturated rings. The van der Waals surface area contributed by atoms with Crippen molar-refractivity contribution in [1.29, 1.82) is 0 Å². The number of carbonyl (C=O) groups excluding carboxylic acids is 2. The summed E-state index contributed by atoms with van der Waals surface area (Å²) in [5.41, 5.74) is 0.493. The smallest absolute Gasteiger partial charge is 0.309 e. The fraction of sp³-hybridized carbons (Fsp3) is 0.619. The summed E-state index contributed by atoms with van der Waals surface area (Å²) in [6, 6.07) is 4.71. The van der Waals surface area contributed by atoms with E-state index in [9.17, 15) is 14.0 Å². The van der Waals surface area contributed by atoms with Gasteiger partial charge in [0.05, 0.1) is 18.4 Å². The molecule has 2 aliphatic rings. The molecule has 28 heavy (non-hydrogen) atoms. The van der Waals surface area contributed by atoms with Gasteiger partial charge in [-0.1, -0.05) is 17.7 Å². The highest BCUT2D eigenvalue weighted by Crippen LogP contribution is 2.27. The average Bonchev–Trinajstić information content (AvgIpc) is 2.71. The zero-order valence-electron chi connectivity index (χ0n) is 16.3. The average molecular weight is 411 g/mol. The monoisotopic (exact) mass is 410 g/mol. The van der Waals surface area contributed by atoms with Gasteiger partial charge in [-0.15, -0.1) is 0 Å². The quantitative estimate of drug-likeness (QED) is 0.697. The van der Waals surface area contributed by atoms with E-state index in [1.165, 1.54) is 6.07 Å². The van der Waals surface area contributed by atoms with Crippen molar-refractivity contribution in [3.05, 3.63) is 34.6 Å². The summed E-state index contributed by atoms with van der Waals surface area (Å²) in [6.45, 7) is 5.25. The van der Waals surface area contributed by atoms with E-state index in [0.29, 0.717) is 56.2 Å². The van der Waals surface area contributed by atoms with Crippen LogP contribution in [0.15, 0.2) is 18.2 Å². The lowest BCUT2D eigenvalue weighted by molar-refractivity contribution is -0.152. The van der Waals surface area contributed by atoms with Crippen LogP contribution in [-0.2, 0) is 20.9 Å². The van der Waals surface area contributed by atoms with Gasteiger partial charge in [-0.25, -0.2) is 4.39 Å². The lowest BCUT2D eigenvalue weighted by Crippen LogP contribution is -2.47. The first kappa shape index (κ1) is 21.1. The maximum absolute atomic E-state index is 14.1. The number of piperidine rings is 2. The molecule has 0 aromatic heterocycles. The number of amides is 1. The van der Waals surface area contributed by atoms with Gasteiger partial charge < -0.3 is 9.64 Å². The van der Waals surface area contributed by atoms with E-state index in [1.54, 1.807) is 19.1 Å². The van der Waals surface area contributed by atoms with Crippen LogP contribution in [0, 0.1) is 17.7 Å². The molecule has 1 aromatic carbocycles. The summed E-state index contributed by atoms with van der Waals surface area (Å²) in [6.07, 6.45) is 3.07. The van der Waals surface area contributed by atoms with Gasteiger partial charge in [-0.05, 0) is 51.3 Å². The molecule has 0 saturated carbocycles. The van der Waals surface area contributed by atoms with Crippen molar-refractivity contribution in [2.45, 2.75) is 39.2 Å². The lowest BCUT2D eigenvalue weighted by atomic mass is 9.92. The van der Waals surface area contributed by atoms with Gasteiger partial charge in [0.15, 0.2) is 0 Å². The molecular weight excluding hydrogens is 383 g/mol. The van der Waals surface area contributed by atoms with Crippen LogP contribution in [0.2, 0.25) is 5.02 Å². The van der Waals surface area contributed by atoms with Gasteiger partial charge in [0.1, 0.15) is 5.82 Å². The van der Waals surface area contributed by atoms with Crippen LogP contribution in [0.1, 0.15) is 38.2 Å². The minimum absolute atomic E-state index is 0.0848. The third-order valence-corrected chi connectivity index (χ3v) is 6.08. The van der Waals surface area contributed by atoms with Gasteiger partial charge in [-0.3, -0.25) is 14.5 Å². The molecule has 0 bridgehead atoms. The van der Waals surface area contributed by atoms with Crippen LogP contribution in [0.4, 0.5) is 4.39 Å². The highest BCUT2D eigenvalue weighted by molar-refractivity contribution is 6.31. The molecule has 7 heteroatoms. The van der Waals surface area contributed by atoms with Crippen molar-refractivity contribution in [3.63, 3.8) is 0 Å². The predicted molar refractivity (Wildman–Crippen MR) is 105 cm³/mol. The van der Waals surface area contributed by atoms with Crippen molar-refractivity contribution in [2.24, 2.45) is 11.8 Å². The first-order valence-electron chi connectivity index (χ1n) is 10.1. The maximum Gasteiger partial charge on any atom is 0.309 e. The van der Waals surface area contributed by atoms with Crippen molar-refractivity contribution in [2.75, 3.05) is 32.8 Å². The molecule has 154 valence electrons. The SMILES string of the molecule is CCOC(=O)C1CCN(C(=O)C2CCCN(Cc3c(F)cccc3Cl)C2)CC1. The van der Waals surface area contributed by atoms with Crippen LogP contribution in [0.3, 0.4) is 0 Å². The second-order valence-electron chi connectivity index (χ2n) is 7.63. The van der Waals surface area contributed by atoms with Crippen molar-refractivity contribution < 1.29 is 18.7 Å². The standard InChI is InChI=1S/C21H28ClFN2O3/c1-2-28-21(27)15-8-11-25(12-9-15)20(26)16-5-4-10-24(13-16)14-17-18(22)6-3-7-19(17)23/h3,6-7,15-16H,2,4-5,8-14H2,1H3. The Kier molecular flexibility index (Phi) is 7.30. The number of hydrogen-bond donors (Lipinski definition) is 0. The van der Waals surface area contributed by atoms with Crippen LogP contribution >= 0.6 is 11.6 Å². The second kappa shape index (κ2) is 9.70. The molecule has 2 aliphatic heterocycles. The van der Waals surface area contributed by atoms with Crippen LogP contribution < -0.4 is 0 Å². The number of rotatable bonds is 5. The van der Waals surface area contributed by atoms with Gasteiger partial charge in [0.25, 0.3) is 0 Å². The van der Waals surface area contributed by atoms with Crippen LogP contribution in [0.25, 0.3) is 0 Å². The predicted octanol–water partition coefficient (Wildman–Crippen LogP) is 3.49. The Bertz CT molecular complexity index is 687. The largest absolute Gasteiger partial charge is 0.466 e. The van der Waals surface area contributed by atoms with Crippen molar-refractivity contribution in [3.8, 4) is 0 Å². The number of esters is 1. The first-order chi connectivity index (χ1) is 13.5. The van der Waals surface area contributed by atoms with E-state index in [2.05, 4.69) is 4.90 Å². The molecule has 0 N–H and O–H groups in total. The minimum Gasteiger partial charge on any atom is -0.466 e. The Morgan fingerprint density at radius 2 is 1.93 bits per heavy atom. The van der Waals surface area contributed by atoms with E-state index in [-0.39, 0.29) is 29.5 Å². The van der Waals surface area contributed by atoms with E-state index in [0.717, 1.165) is 19.4 Å². The fourth-order valence-corrected chi connectivity index (χ4v) is 4.38. The van der Waals surface area contributed by atoms with Crippen LogP contribution in [0.5, 0.6) is 0 Å². The second-order valence-corrected chi connectivity index (χ2v) is 8.03. The number of ether oxygens (including phenoxy) is 1. The summed E-state index contributed by atoms with van der Waals surface area (Å²) in [4.78, 5) is 28.8. The number of benzene rings is 1. The molecule has 2 saturated heterocycles. The zero-order valence-corrected chi connectivity index (χ0v) is 17.1. The van der Waals surface area contributed by atoms with Gasteiger partial charge in [0.2, 0.25) is 5.91 Å².